The van der Waals surface area contributed by atoms with Gasteiger partial charge in [-0.15, -0.1) is 0 Å². The van der Waals surface area contributed by atoms with Crippen LogP contribution in [0.25, 0.3) is 6.08 Å². The molecule has 5 heteroatoms. The van der Waals surface area contributed by atoms with E-state index < -0.39 is 0 Å². The molecule has 1 saturated carbocycles. The van der Waals surface area contributed by atoms with Crippen LogP contribution in [-0.4, -0.2) is 30.8 Å². The van der Waals surface area contributed by atoms with E-state index in [0.717, 1.165) is 35.0 Å². The topological polar surface area (TPSA) is 58.6 Å². The number of halogens is 1. The lowest BCUT2D eigenvalue weighted by molar-refractivity contribution is -0.116. The number of nitrogens with one attached hydrogen (secondary N) is 1. The van der Waals surface area contributed by atoms with Crippen LogP contribution in [0.5, 0.6) is 5.75 Å². The normalized spacial score (nSPS) is 21.7. The number of benzene rings is 1. The number of aliphatic hydroxyl groups excluding tert-OH is 1. The highest BCUT2D eigenvalue weighted by atomic mass is 79.9. The number of methoxy groups -OCH3 is 1. The van der Waals surface area contributed by atoms with Gasteiger partial charge < -0.3 is 15.2 Å². The number of hydrogen-bond donors (Lipinski definition) is 2. The highest BCUT2D eigenvalue weighted by Crippen LogP contribution is 2.25. The largest absolute Gasteiger partial charge is 0.496 e. The zero-order valence-electron chi connectivity index (χ0n) is 12.0. The van der Waals surface area contributed by atoms with Crippen molar-refractivity contribution in [3.8, 4) is 5.75 Å². The van der Waals surface area contributed by atoms with Crippen molar-refractivity contribution in [1.29, 1.82) is 0 Å². The first-order chi connectivity index (χ1) is 10.1. The summed E-state index contributed by atoms with van der Waals surface area (Å²) in [7, 11) is 1.60. The second kappa shape index (κ2) is 7.61. The first-order valence-corrected chi connectivity index (χ1v) is 7.85. The molecule has 0 aromatic heterocycles. The van der Waals surface area contributed by atoms with Gasteiger partial charge in [-0.05, 0) is 49.5 Å². The van der Waals surface area contributed by atoms with E-state index in [-0.39, 0.29) is 12.0 Å². The van der Waals surface area contributed by atoms with Gasteiger partial charge in [0, 0.05) is 22.7 Å². The van der Waals surface area contributed by atoms with Crippen LogP contribution < -0.4 is 10.1 Å². The molecule has 1 aromatic rings. The Morgan fingerprint density at radius 3 is 3.00 bits per heavy atom. The summed E-state index contributed by atoms with van der Waals surface area (Å²) >= 11 is 3.40. The molecule has 2 N–H and O–H groups in total. The quantitative estimate of drug-likeness (QED) is 0.800. The number of carbonyl (C=O) groups excluding carboxylic acids is 1. The van der Waals surface area contributed by atoms with E-state index in [0.29, 0.717) is 12.5 Å². The van der Waals surface area contributed by atoms with Crippen LogP contribution in [0.3, 0.4) is 0 Å². The van der Waals surface area contributed by atoms with Crippen molar-refractivity contribution in [3.05, 3.63) is 34.3 Å². The van der Waals surface area contributed by atoms with Crippen LogP contribution in [0, 0.1) is 5.92 Å². The summed E-state index contributed by atoms with van der Waals surface area (Å²) in [4.78, 5) is 11.8. The van der Waals surface area contributed by atoms with Crippen molar-refractivity contribution >= 4 is 27.9 Å². The molecule has 0 heterocycles. The SMILES string of the molecule is COc1ccc(Br)cc1/C=C/C(=O)NCC1CCC(O)C1. The van der Waals surface area contributed by atoms with E-state index in [4.69, 9.17) is 4.74 Å². The van der Waals surface area contributed by atoms with Crippen LogP contribution in [0.4, 0.5) is 0 Å². The van der Waals surface area contributed by atoms with E-state index in [2.05, 4.69) is 21.2 Å². The molecule has 1 aliphatic carbocycles. The molecule has 0 bridgehead atoms. The Hall–Kier alpha value is -1.33. The molecule has 2 rings (SSSR count). The summed E-state index contributed by atoms with van der Waals surface area (Å²) in [6.45, 7) is 0.621. The van der Waals surface area contributed by atoms with Gasteiger partial charge in [0.15, 0.2) is 0 Å². The van der Waals surface area contributed by atoms with Crippen molar-refractivity contribution in [3.63, 3.8) is 0 Å². The van der Waals surface area contributed by atoms with E-state index in [1.807, 2.05) is 18.2 Å². The van der Waals surface area contributed by atoms with Crippen LogP contribution in [0.15, 0.2) is 28.7 Å². The maximum atomic E-state index is 11.8. The zero-order chi connectivity index (χ0) is 15.2. The summed E-state index contributed by atoms with van der Waals surface area (Å²) < 4.78 is 6.19. The highest BCUT2D eigenvalue weighted by Gasteiger charge is 2.22. The third-order valence-corrected chi connectivity index (χ3v) is 4.18. The Bertz CT molecular complexity index is 530. The Morgan fingerprint density at radius 1 is 1.52 bits per heavy atom. The molecule has 0 saturated heterocycles. The molecule has 0 radical (unpaired) electrons. The standard InChI is InChI=1S/C16H20BrNO3/c1-21-15-6-4-13(17)9-12(15)3-7-16(20)18-10-11-2-5-14(19)8-11/h3-4,6-7,9,11,14,19H,2,5,8,10H2,1H3,(H,18,20)/b7-3+. The molecule has 114 valence electrons. The van der Waals surface area contributed by atoms with Gasteiger partial charge >= 0.3 is 0 Å². The summed E-state index contributed by atoms with van der Waals surface area (Å²) in [5, 5.41) is 12.3. The van der Waals surface area contributed by atoms with Gasteiger partial charge in [-0.2, -0.15) is 0 Å². The Balaban J connectivity index is 1.88. The minimum absolute atomic E-state index is 0.126. The number of hydrogen-bond acceptors (Lipinski definition) is 3. The minimum atomic E-state index is -0.201. The number of ether oxygens (including phenoxy) is 1. The van der Waals surface area contributed by atoms with Gasteiger partial charge in [-0.1, -0.05) is 15.9 Å². The predicted octanol–water partition coefficient (Wildman–Crippen LogP) is 2.75. The molecule has 4 nitrogen and oxygen atoms in total. The maximum Gasteiger partial charge on any atom is 0.244 e. The van der Waals surface area contributed by atoms with Crippen LogP contribution in [0.2, 0.25) is 0 Å². The van der Waals surface area contributed by atoms with Gasteiger partial charge in [0.25, 0.3) is 0 Å². The molecule has 1 aromatic carbocycles. The summed E-state index contributed by atoms with van der Waals surface area (Å²) in [5.74, 6) is 0.984. The summed E-state index contributed by atoms with van der Waals surface area (Å²) in [6, 6.07) is 5.64. The van der Waals surface area contributed by atoms with E-state index >= 15 is 0 Å². The average Bonchev–Trinajstić information content (AvgIpc) is 2.88. The molecule has 1 amide bonds. The number of carbonyl (C=O) groups is 1. The van der Waals surface area contributed by atoms with Crippen LogP contribution in [0.1, 0.15) is 24.8 Å². The molecule has 0 aliphatic heterocycles. The molecule has 1 fully saturated rings. The van der Waals surface area contributed by atoms with Crippen molar-refractivity contribution in [1.82, 2.24) is 5.32 Å². The number of rotatable bonds is 5. The lowest BCUT2D eigenvalue weighted by Gasteiger charge is -2.09. The second-order valence-corrected chi connectivity index (χ2v) is 6.21. The molecule has 0 spiro atoms. The van der Waals surface area contributed by atoms with Gasteiger partial charge in [-0.3, -0.25) is 4.79 Å². The molecule has 21 heavy (non-hydrogen) atoms. The minimum Gasteiger partial charge on any atom is -0.496 e. The fourth-order valence-corrected chi connectivity index (χ4v) is 2.92. The van der Waals surface area contributed by atoms with Crippen molar-refractivity contribution in [2.24, 2.45) is 5.92 Å². The van der Waals surface area contributed by atoms with Crippen LogP contribution in [-0.2, 0) is 4.79 Å². The first kappa shape index (κ1) is 16.0. The van der Waals surface area contributed by atoms with E-state index in [1.165, 1.54) is 6.08 Å². The Morgan fingerprint density at radius 2 is 2.33 bits per heavy atom. The number of amides is 1. The molecule has 2 unspecified atom stereocenters. The third kappa shape index (κ3) is 4.86. The Kier molecular flexibility index (Phi) is 5.82. The Labute approximate surface area is 133 Å². The maximum absolute atomic E-state index is 11.8. The van der Waals surface area contributed by atoms with Gasteiger partial charge in [0.05, 0.1) is 13.2 Å². The molecular formula is C16H20BrNO3. The summed E-state index contributed by atoms with van der Waals surface area (Å²) in [5.41, 5.74) is 0.846. The van der Waals surface area contributed by atoms with Gasteiger partial charge in [0.1, 0.15) is 5.75 Å². The van der Waals surface area contributed by atoms with E-state index in [1.54, 1.807) is 13.2 Å². The predicted molar refractivity (Wildman–Crippen MR) is 86.1 cm³/mol. The van der Waals surface area contributed by atoms with Gasteiger partial charge in [-0.25, -0.2) is 0 Å². The number of aliphatic hydroxyl groups is 1. The summed E-state index contributed by atoms with van der Waals surface area (Å²) in [6.07, 6.45) is 5.64. The van der Waals surface area contributed by atoms with Gasteiger partial charge in [0.2, 0.25) is 5.91 Å². The zero-order valence-corrected chi connectivity index (χ0v) is 13.6. The highest BCUT2D eigenvalue weighted by molar-refractivity contribution is 9.10. The molecule has 1 aliphatic rings. The first-order valence-electron chi connectivity index (χ1n) is 7.06. The van der Waals surface area contributed by atoms with Crippen molar-refractivity contribution in [2.75, 3.05) is 13.7 Å². The lowest BCUT2D eigenvalue weighted by atomic mass is 10.1. The average molecular weight is 354 g/mol. The van der Waals surface area contributed by atoms with Crippen molar-refractivity contribution < 1.29 is 14.6 Å². The molecule has 2 atom stereocenters. The third-order valence-electron chi connectivity index (χ3n) is 3.68. The van der Waals surface area contributed by atoms with E-state index in [9.17, 15) is 9.90 Å². The second-order valence-electron chi connectivity index (χ2n) is 5.30. The monoisotopic (exact) mass is 353 g/mol. The fourth-order valence-electron chi connectivity index (χ4n) is 2.54. The van der Waals surface area contributed by atoms with Crippen LogP contribution >= 0.6 is 15.9 Å². The molecular weight excluding hydrogens is 334 g/mol. The van der Waals surface area contributed by atoms with Crippen molar-refractivity contribution in [2.45, 2.75) is 25.4 Å². The smallest absolute Gasteiger partial charge is 0.244 e. The fraction of sp³-hybridized carbons (Fsp3) is 0.438. The lowest BCUT2D eigenvalue weighted by Crippen LogP contribution is -2.26.